The highest BCUT2D eigenvalue weighted by atomic mass is 16.4. The van der Waals surface area contributed by atoms with Crippen molar-refractivity contribution in [2.45, 2.75) is 39.2 Å². The Morgan fingerprint density at radius 2 is 1.67 bits per heavy atom. The molecule has 0 aliphatic heterocycles. The first-order chi connectivity index (χ1) is 8.34. The molecule has 3 atom stereocenters. The second-order valence-electron chi connectivity index (χ2n) is 5.06. The average molecular weight is 257 g/mol. The molecule has 1 aliphatic carbocycles. The summed E-state index contributed by atoms with van der Waals surface area (Å²) in [5.74, 6) is -2.69. The van der Waals surface area contributed by atoms with Gasteiger partial charge in [-0.15, -0.1) is 0 Å². The van der Waals surface area contributed by atoms with E-state index in [0.29, 0.717) is 19.3 Å². The number of rotatable bonds is 5. The number of Topliss-reactive ketones (excluding diaryl/α,β-unsaturated/α-hetero) is 1. The molecular weight excluding hydrogens is 238 g/mol. The van der Waals surface area contributed by atoms with Crippen LogP contribution in [0.15, 0.2) is 0 Å². The lowest BCUT2D eigenvalue weighted by molar-refractivity contribution is -0.146. The summed E-state index contributed by atoms with van der Waals surface area (Å²) < 4.78 is 0. The van der Waals surface area contributed by atoms with Crippen LogP contribution >= 0.6 is 0 Å². The van der Waals surface area contributed by atoms with Crippen molar-refractivity contribution in [2.24, 2.45) is 17.8 Å². The Hall–Kier alpha value is -1.59. The number of amides is 1. The molecule has 1 unspecified atom stereocenters. The summed E-state index contributed by atoms with van der Waals surface area (Å²) in [4.78, 5) is 34.0. The van der Waals surface area contributed by atoms with Crippen LogP contribution in [-0.4, -0.2) is 34.1 Å². The Kier molecular flexibility index (Phi) is 4.69. The molecule has 18 heavy (non-hydrogen) atoms. The van der Waals surface area contributed by atoms with Gasteiger partial charge in [-0.3, -0.25) is 9.59 Å². The van der Waals surface area contributed by atoms with Crippen molar-refractivity contribution in [1.29, 1.82) is 0 Å². The van der Waals surface area contributed by atoms with Crippen molar-refractivity contribution in [1.82, 2.24) is 5.32 Å². The Morgan fingerprint density at radius 1 is 1.11 bits per heavy atom. The summed E-state index contributed by atoms with van der Waals surface area (Å²) in [6, 6.07) is -0.826. The quantitative estimate of drug-likeness (QED) is 0.689. The first-order valence-electron chi connectivity index (χ1n) is 6.10. The molecule has 6 heteroatoms. The lowest BCUT2D eigenvalue weighted by Crippen LogP contribution is -2.47. The molecule has 1 amide bonds. The van der Waals surface area contributed by atoms with E-state index in [1.807, 2.05) is 0 Å². The number of hydrogen-bond donors (Lipinski definition) is 3. The van der Waals surface area contributed by atoms with Crippen LogP contribution in [0.2, 0.25) is 0 Å². The molecule has 0 aromatic heterocycles. The van der Waals surface area contributed by atoms with E-state index in [1.165, 1.54) is 0 Å². The third kappa shape index (κ3) is 3.21. The van der Waals surface area contributed by atoms with Crippen LogP contribution in [0.3, 0.4) is 0 Å². The van der Waals surface area contributed by atoms with Crippen LogP contribution in [-0.2, 0) is 9.59 Å². The van der Waals surface area contributed by atoms with Crippen LogP contribution in [0.25, 0.3) is 0 Å². The molecule has 3 N–H and O–H groups in total. The average Bonchev–Trinajstić information content (AvgIpc) is 2.73. The molecule has 1 rings (SSSR count). The zero-order chi connectivity index (χ0) is 13.9. The molecule has 0 radical (unpaired) electrons. The van der Waals surface area contributed by atoms with E-state index in [9.17, 15) is 14.4 Å². The van der Waals surface area contributed by atoms with E-state index in [0.717, 1.165) is 0 Å². The largest absolute Gasteiger partial charge is 0.481 e. The minimum absolute atomic E-state index is 0.191. The minimum Gasteiger partial charge on any atom is -0.481 e. The fourth-order valence-electron chi connectivity index (χ4n) is 2.53. The van der Waals surface area contributed by atoms with E-state index < -0.39 is 29.9 Å². The second kappa shape index (κ2) is 5.84. The highest BCUT2D eigenvalue weighted by molar-refractivity contribution is 5.92. The summed E-state index contributed by atoms with van der Waals surface area (Å²) in [6.45, 7) is 3.48. The lowest BCUT2D eigenvalue weighted by atomic mass is 9.85. The molecule has 102 valence electrons. The van der Waals surface area contributed by atoms with Crippen molar-refractivity contribution in [2.75, 3.05) is 0 Å². The van der Waals surface area contributed by atoms with Crippen molar-refractivity contribution in [3.63, 3.8) is 0 Å². The second-order valence-corrected chi connectivity index (χ2v) is 5.06. The van der Waals surface area contributed by atoms with Crippen molar-refractivity contribution in [3.05, 3.63) is 0 Å². The van der Waals surface area contributed by atoms with Gasteiger partial charge in [-0.1, -0.05) is 20.3 Å². The maximum atomic E-state index is 12.2. The third-order valence-electron chi connectivity index (χ3n) is 3.45. The number of ketones is 1. The first kappa shape index (κ1) is 14.5. The van der Waals surface area contributed by atoms with E-state index in [4.69, 9.17) is 10.2 Å². The molecule has 0 aromatic carbocycles. The van der Waals surface area contributed by atoms with Gasteiger partial charge in [0, 0.05) is 5.92 Å². The Bertz CT molecular complexity index is 348. The number of carbonyl (C=O) groups excluding carboxylic acids is 1. The van der Waals surface area contributed by atoms with Crippen LogP contribution in [0.1, 0.15) is 33.1 Å². The lowest BCUT2D eigenvalue weighted by Gasteiger charge is -2.24. The summed E-state index contributed by atoms with van der Waals surface area (Å²) in [5, 5.41) is 20.0. The highest BCUT2D eigenvalue weighted by Gasteiger charge is 2.41. The normalized spacial score (nSPS) is 24.8. The van der Waals surface area contributed by atoms with Gasteiger partial charge in [0.2, 0.25) is 0 Å². The number of carboxylic acid groups (broad SMARTS) is 2. The molecule has 1 saturated carbocycles. The molecule has 0 aromatic rings. The van der Waals surface area contributed by atoms with Crippen LogP contribution in [0, 0.1) is 17.8 Å². The van der Waals surface area contributed by atoms with E-state index >= 15 is 0 Å². The number of hydrogen-bond acceptors (Lipinski definition) is 3. The van der Waals surface area contributed by atoms with Crippen LogP contribution in [0.4, 0.5) is 4.79 Å². The molecule has 0 heterocycles. The summed E-state index contributed by atoms with van der Waals surface area (Å²) in [6.07, 6.45) is 0.460. The maximum Gasteiger partial charge on any atom is 0.405 e. The highest BCUT2D eigenvalue weighted by Crippen LogP contribution is 2.34. The van der Waals surface area contributed by atoms with E-state index in [2.05, 4.69) is 5.32 Å². The number of aliphatic carboxylic acids is 1. The molecule has 1 aliphatic rings. The van der Waals surface area contributed by atoms with Gasteiger partial charge in [0.05, 0.1) is 12.0 Å². The van der Waals surface area contributed by atoms with Gasteiger partial charge in [-0.25, -0.2) is 4.79 Å². The standard InChI is InChI=1S/C12H19NO5/c1-6(2)9(13-12(17)18)10(14)7-4-3-5-8(7)11(15)16/h6-9,13H,3-5H2,1-2H3,(H,15,16)(H,17,18)/t7?,8-,9-/m1/s1. The fourth-order valence-corrected chi connectivity index (χ4v) is 2.53. The summed E-state index contributed by atoms with van der Waals surface area (Å²) >= 11 is 0. The molecule has 0 spiro atoms. The predicted molar refractivity (Wildman–Crippen MR) is 63.3 cm³/mol. The zero-order valence-corrected chi connectivity index (χ0v) is 10.5. The van der Waals surface area contributed by atoms with Gasteiger partial charge in [0.25, 0.3) is 0 Å². The van der Waals surface area contributed by atoms with Crippen LogP contribution in [0.5, 0.6) is 0 Å². The van der Waals surface area contributed by atoms with Gasteiger partial charge in [-0.05, 0) is 18.8 Å². The molecular formula is C12H19NO5. The fraction of sp³-hybridized carbons (Fsp3) is 0.750. The molecule has 6 nitrogen and oxygen atoms in total. The SMILES string of the molecule is CC(C)[C@@H](NC(=O)O)C(=O)C1CCC[C@H]1C(=O)O. The molecule has 0 bridgehead atoms. The van der Waals surface area contributed by atoms with E-state index in [1.54, 1.807) is 13.8 Å². The van der Waals surface area contributed by atoms with Gasteiger partial charge >= 0.3 is 12.1 Å². The van der Waals surface area contributed by atoms with Crippen molar-refractivity contribution in [3.8, 4) is 0 Å². The van der Waals surface area contributed by atoms with Gasteiger partial charge in [-0.2, -0.15) is 0 Å². The summed E-state index contributed by atoms with van der Waals surface area (Å²) in [5.41, 5.74) is 0. The van der Waals surface area contributed by atoms with Crippen molar-refractivity contribution < 1.29 is 24.6 Å². The summed E-state index contributed by atoms with van der Waals surface area (Å²) in [7, 11) is 0. The first-order valence-corrected chi connectivity index (χ1v) is 6.10. The third-order valence-corrected chi connectivity index (χ3v) is 3.45. The predicted octanol–water partition coefficient (Wildman–Crippen LogP) is 1.35. The number of carbonyl (C=O) groups is 3. The number of carboxylic acids is 1. The smallest absolute Gasteiger partial charge is 0.405 e. The Morgan fingerprint density at radius 3 is 2.11 bits per heavy atom. The van der Waals surface area contributed by atoms with Gasteiger partial charge < -0.3 is 15.5 Å². The Labute approximate surface area is 105 Å². The monoisotopic (exact) mass is 257 g/mol. The maximum absolute atomic E-state index is 12.2. The molecule has 0 saturated heterocycles. The van der Waals surface area contributed by atoms with Crippen LogP contribution < -0.4 is 5.32 Å². The topological polar surface area (TPSA) is 104 Å². The van der Waals surface area contributed by atoms with E-state index in [-0.39, 0.29) is 11.7 Å². The van der Waals surface area contributed by atoms with Gasteiger partial charge in [0.15, 0.2) is 5.78 Å². The number of nitrogens with one attached hydrogen (secondary N) is 1. The zero-order valence-electron chi connectivity index (χ0n) is 10.5. The molecule has 1 fully saturated rings. The van der Waals surface area contributed by atoms with Gasteiger partial charge in [0.1, 0.15) is 0 Å². The minimum atomic E-state index is -1.26. The Balaban J connectivity index is 2.82. The van der Waals surface area contributed by atoms with Crippen molar-refractivity contribution >= 4 is 17.8 Å².